The maximum atomic E-state index is 11.4. The molecule has 2 nitrogen and oxygen atoms in total. The van der Waals surface area contributed by atoms with Gasteiger partial charge in [0.2, 0.25) is 3.79 Å². The number of carbonyl (C=O) groups excluding carboxylic acids is 1. The van der Waals surface area contributed by atoms with E-state index in [4.69, 9.17) is 39.5 Å². The molecule has 0 atom stereocenters. The lowest BCUT2D eigenvalue weighted by atomic mass is 10.0. The van der Waals surface area contributed by atoms with Crippen LogP contribution in [0.4, 0.5) is 0 Å². The Balaban J connectivity index is 3.16. The first-order valence-electron chi connectivity index (χ1n) is 9.68. The number of ether oxygens (including phenoxy) is 1. The lowest BCUT2D eigenvalue weighted by molar-refractivity contribution is -0.143. The van der Waals surface area contributed by atoms with E-state index in [1.165, 1.54) is 77.0 Å². The van der Waals surface area contributed by atoms with E-state index in [1.54, 1.807) is 0 Å². The second kappa shape index (κ2) is 16.8. The molecule has 0 aromatic heterocycles. The van der Waals surface area contributed by atoms with E-state index in [2.05, 4.69) is 6.92 Å². The van der Waals surface area contributed by atoms with Crippen LogP contribution in [0.5, 0.6) is 0 Å². The summed E-state index contributed by atoms with van der Waals surface area (Å²) in [6.07, 6.45) is 18.6. The number of carbonyl (C=O) groups is 1. The molecule has 0 aromatic rings. The molecule has 0 amide bonds. The Morgan fingerprint density at radius 3 is 1.46 bits per heavy atom. The summed E-state index contributed by atoms with van der Waals surface area (Å²) in [5.41, 5.74) is 0. The monoisotopic (exact) mass is 400 g/mol. The molecule has 0 N–H and O–H groups in total. The van der Waals surface area contributed by atoms with Crippen LogP contribution >= 0.6 is 34.8 Å². The van der Waals surface area contributed by atoms with E-state index < -0.39 is 3.79 Å². The van der Waals surface area contributed by atoms with Gasteiger partial charge in [-0.3, -0.25) is 4.79 Å². The summed E-state index contributed by atoms with van der Waals surface area (Å²) in [4.78, 5) is 11.4. The molecule has 0 saturated carbocycles. The van der Waals surface area contributed by atoms with E-state index in [1.807, 2.05) is 0 Å². The smallest absolute Gasteiger partial charge is 0.305 e. The molecule has 0 aliphatic carbocycles. The number of halogens is 3. The van der Waals surface area contributed by atoms with Gasteiger partial charge in [-0.25, -0.2) is 0 Å². The molecule has 0 fully saturated rings. The van der Waals surface area contributed by atoms with Crippen LogP contribution in [-0.4, -0.2) is 16.4 Å². The maximum absolute atomic E-state index is 11.4. The molecule has 24 heavy (non-hydrogen) atoms. The number of rotatable bonds is 16. The van der Waals surface area contributed by atoms with Gasteiger partial charge in [0, 0.05) is 6.42 Å². The second-order valence-electron chi connectivity index (χ2n) is 6.62. The van der Waals surface area contributed by atoms with Crippen LogP contribution < -0.4 is 0 Å². The molecule has 0 aromatic carbocycles. The highest BCUT2D eigenvalue weighted by Crippen LogP contribution is 2.26. The van der Waals surface area contributed by atoms with E-state index >= 15 is 0 Å². The minimum Gasteiger partial charge on any atom is -0.461 e. The number of alkyl halides is 3. The highest BCUT2D eigenvalue weighted by atomic mass is 35.6. The van der Waals surface area contributed by atoms with E-state index in [-0.39, 0.29) is 12.6 Å². The molecule has 0 unspecified atom stereocenters. The van der Waals surface area contributed by atoms with Crippen LogP contribution in [0.3, 0.4) is 0 Å². The fraction of sp³-hybridized carbons (Fsp3) is 0.947. The lowest BCUT2D eigenvalue weighted by Gasteiger charge is -2.11. The molecular formula is C19H35Cl3O2. The Morgan fingerprint density at radius 1 is 0.708 bits per heavy atom. The van der Waals surface area contributed by atoms with Gasteiger partial charge in [-0.15, -0.1) is 0 Å². The molecule has 0 heterocycles. The first-order chi connectivity index (χ1) is 11.5. The SMILES string of the molecule is CCCCCCCCCCCCCCCCC(=O)OCC(Cl)(Cl)Cl. The topological polar surface area (TPSA) is 26.3 Å². The van der Waals surface area contributed by atoms with Crippen LogP contribution in [0.1, 0.15) is 103 Å². The highest BCUT2D eigenvalue weighted by molar-refractivity contribution is 6.67. The predicted molar refractivity (Wildman–Crippen MR) is 106 cm³/mol. The second-order valence-corrected chi connectivity index (χ2v) is 9.14. The zero-order valence-corrected chi connectivity index (χ0v) is 17.5. The molecule has 0 aliphatic heterocycles. The van der Waals surface area contributed by atoms with Gasteiger partial charge in [-0.1, -0.05) is 125 Å². The largest absolute Gasteiger partial charge is 0.461 e. The van der Waals surface area contributed by atoms with Gasteiger partial charge in [0.05, 0.1) is 0 Å². The Kier molecular flexibility index (Phi) is 17.0. The zero-order valence-electron chi connectivity index (χ0n) is 15.3. The van der Waals surface area contributed by atoms with Crippen molar-refractivity contribution in [2.45, 2.75) is 107 Å². The van der Waals surface area contributed by atoms with Crippen LogP contribution in [0.2, 0.25) is 0 Å². The lowest BCUT2D eigenvalue weighted by Crippen LogP contribution is -2.17. The molecule has 0 bridgehead atoms. The maximum Gasteiger partial charge on any atom is 0.305 e. The van der Waals surface area contributed by atoms with Crippen LogP contribution in [0.15, 0.2) is 0 Å². The quantitative estimate of drug-likeness (QED) is 0.150. The average molecular weight is 402 g/mol. The van der Waals surface area contributed by atoms with Crippen LogP contribution in [-0.2, 0) is 9.53 Å². The molecule has 0 spiro atoms. The summed E-state index contributed by atoms with van der Waals surface area (Å²) in [6, 6.07) is 0. The van der Waals surface area contributed by atoms with Gasteiger partial charge in [0.25, 0.3) is 0 Å². The van der Waals surface area contributed by atoms with Gasteiger partial charge in [-0.2, -0.15) is 0 Å². The molecule has 0 rings (SSSR count). The van der Waals surface area contributed by atoms with E-state index in [0.29, 0.717) is 6.42 Å². The number of esters is 1. The van der Waals surface area contributed by atoms with E-state index in [9.17, 15) is 4.79 Å². The Bertz CT molecular complexity index is 291. The number of unbranched alkanes of at least 4 members (excludes halogenated alkanes) is 13. The fourth-order valence-corrected chi connectivity index (χ4v) is 2.86. The number of hydrogen-bond acceptors (Lipinski definition) is 2. The molecule has 0 radical (unpaired) electrons. The normalized spacial score (nSPS) is 11.7. The standard InChI is InChI=1S/C19H35Cl3O2/c1-2-3-4-5-6-7-8-9-10-11-12-13-14-15-16-18(23)24-17-19(20,21)22/h2-17H2,1H3. The van der Waals surface area contributed by atoms with Gasteiger partial charge in [0.1, 0.15) is 6.61 Å². The predicted octanol–water partition coefficient (Wildman–Crippen LogP) is 7.77. The third-order valence-corrected chi connectivity index (χ3v) is 4.46. The minimum atomic E-state index is -1.51. The Morgan fingerprint density at radius 2 is 1.08 bits per heavy atom. The molecular weight excluding hydrogens is 367 g/mol. The van der Waals surface area contributed by atoms with Crippen LogP contribution in [0, 0.1) is 0 Å². The molecule has 0 saturated heterocycles. The highest BCUT2D eigenvalue weighted by Gasteiger charge is 2.21. The molecule has 144 valence electrons. The van der Waals surface area contributed by atoms with Gasteiger partial charge in [-0.05, 0) is 6.42 Å². The van der Waals surface area contributed by atoms with Gasteiger partial charge in [0.15, 0.2) is 0 Å². The van der Waals surface area contributed by atoms with Gasteiger partial charge < -0.3 is 4.74 Å². The van der Waals surface area contributed by atoms with Crippen molar-refractivity contribution in [3.05, 3.63) is 0 Å². The summed E-state index contributed by atoms with van der Waals surface area (Å²) in [6.45, 7) is 2.09. The first kappa shape index (κ1) is 24.3. The van der Waals surface area contributed by atoms with Crippen molar-refractivity contribution >= 4 is 40.8 Å². The Hall–Kier alpha value is 0.340. The Labute approximate surface area is 163 Å². The third-order valence-electron chi connectivity index (χ3n) is 4.13. The average Bonchev–Trinajstić information content (AvgIpc) is 2.52. The summed E-state index contributed by atoms with van der Waals surface area (Å²) >= 11 is 16.6. The van der Waals surface area contributed by atoms with Crippen molar-refractivity contribution in [3.63, 3.8) is 0 Å². The zero-order chi connectivity index (χ0) is 18.1. The molecule has 0 aliphatic rings. The third kappa shape index (κ3) is 20.4. The van der Waals surface area contributed by atoms with Crippen LogP contribution in [0.25, 0.3) is 0 Å². The van der Waals surface area contributed by atoms with Crippen molar-refractivity contribution in [1.82, 2.24) is 0 Å². The van der Waals surface area contributed by atoms with Crippen molar-refractivity contribution in [3.8, 4) is 0 Å². The number of hydrogen-bond donors (Lipinski definition) is 0. The fourth-order valence-electron chi connectivity index (χ4n) is 2.70. The molecule has 5 heteroatoms. The van der Waals surface area contributed by atoms with Crippen molar-refractivity contribution in [2.75, 3.05) is 6.61 Å². The summed E-state index contributed by atoms with van der Waals surface area (Å²) in [7, 11) is 0. The summed E-state index contributed by atoms with van der Waals surface area (Å²) < 4.78 is 3.38. The summed E-state index contributed by atoms with van der Waals surface area (Å²) in [5, 5.41) is 0. The first-order valence-corrected chi connectivity index (χ1v) is 10.8. The van der Waals surface area contributed by atoms with Crippen molar-refractivity contribution in [2.24, 2.45) is 0 Å². The van der Waals surface area contributed by atoms with Gasteiger partial charge >= 0.3 is 5.97 Å². The van der Waals surface area contributed by atoms with E-state index in [0.717, 1.165) is 12.8 Å². The summed E-state index contributed by atoms with van der Waals surface area (Å²) in [5.74, 6) is -0.278. The van der Waals surface area contributed by atoms with Crippen molar-refractivity contribution in [1.29, 1.82) is 0 Å². The minimum absolute atomic E-state index is 0.172. The van der Waals surface area contributed by atoms with Crippen molar-refractivity contribution < 1.29 is 9.53 Å².